The molecule has 0 spiro atoms. The molecule has 1 N–H and O–H groups in total. The molecule has 0 bridgehead atoms. The van der Waals surface area contributed by atoms with Gasteiger partial charge in [0.15, 0.2) is 11.2 Å². The summed E-state index contributed by atoms with van der Waals surface area (Å²) < 4.78 is 7.57. The molecule has 1 aliphatic carbocycles. The lowest BCUT2D eigenvalue weighted by Crippen LogP contribution is -2.48. The molecule has 1 aliphatic heterocycles. The van der Waals surface area contributed by atoms with Gasteiger partial charge < -0.3 is 14.7 Å². The summed E-state index contributed by atoms with van der Waals surface area (Å²) in [4.78, 5) is 6.47. The van der Waals surface area contributed by atoms with Gasteiger partial charge in [-0.25, -0.2) is 0 Å². The summed E-state index contributed by atoms with van der Waals surface area (Å²) >= 11 is 9.66. The van der Waals surface area contributed by atoms with Gasteiger partial charge in [-0.05, 0) is 57.2 Å². The van der Waals surface area contributed by atoms with Crippen LogP contribution in [0.25, 0.3) is 0 Å². The Kier molecular flexibility index (Phi) is 8.22. The van der Waals surface area contributed by atoms with Gasteiger partial charge in [0.2, 0.25) is 0 Å². The summed E-state index contributed by atoms with van der Waals surface area (Å²) in [5.41, 5.74) is 0.522. The molecule has 4 nitrogen and oxygen atoms in total. The number of hydrogen-bond acceptors (Lipinski definition) is 4. The second-order valence-corrected chi connectivity index (χ2v) is 9.90. The van der Waals surface area contributed by atoms with Gasteiger partial charge in [0.1, 0.15) is 11.4 Å². The molecular weight excluding hydrogens is 500 g/mol. The number of rotatable bonds is 2. The summed E-state index contributed by atoms with van der Waals surface area (Å²) in [5.74, 6) is 0.561. The number of ether oxygens (including phenoxy) is 1. The number of benzene rings is 2. The number of pyridine rings is 1. The number of nitrogens with zero attached hydrogens (tertiary/aromatic N) is 2. The highest BCUT2D eigenvalue weighted by Crippen LogP contribution is 2.66. The lowest BCUT2D eigenvalue weighted by molar-refractivity contribution is -0.107. The van der Waals surface area contributed by atoms with Gasteiger partial charge in [0, 0.05) is 22.7 Å². The maximum Gasteiger partial charge on any atom is 0.175 e. The topological polar surface area (TPSA) is 45.6 Å². The van der Waals surface area contributed by atoms with Crippen molar-refractivity contribution in [3.05, 3.63) is 93.2 Å². The standard InChI is InChI=1S/C22H17BrClNO2.C3H9N.C2H6/c23-16-8-6-15(7-9-16)22-18(14-4-2-1-3-5-14)10-11-21(22,26)20-19(27-22)12-17(24)13-25-20;1-4(2)3;1-2/h1-9,12-13,18,26H,10-11H2;1-3H3;1-2H3. The molecule has 1 saturated carbocycles. The molecule has 0 amide bonds. The van der Waals surface area contributed by atoms with Gasteiger partial charge in [-0.2, -0.15) is 0 Å². The first-order valence-electron chi connectivity index (χ1n) is 11.3. The minimum atomic E-state index is -1.21. The molecule has 1 aromatic heterocycles. The molecule has 5 rings (SSSR count). The average molecular weight is 532 g/mol. The molecular formula is C27H32BrClN2O2. The summed E-state index contributed by atoms with van der Waals surface area (Å²) in [6.45, 7) is 4.00. The molecule has 0 saturated heterocycles. The van der Waals surface area contributed by atoms with Crippen molar-refractivity contribution >= 4 is 27.5 Å². The molecule has 3 unspecified atom stereocenters. The number of aliphatic hydroxyl groups is 1. The zero-order valence-electron chi connectivity index (χ0n) is 19.8. The summed E-state index contributed by atoms with van der Waals surface area (Å²) in [5, 5.41) is 12.4. The molecule has 3 aromatic rings. The van der Waals surface area contributed by atoms with E-state index in [0.29, 0.717) is 22.9 Å². The zero-order chi connectivity index (χ0) is 24.2. The van der Waals surface area contributed by atoms with E-state index in [4.69, 9.17) is 16.3 Å². The van der Waals surface area contributed by atoms with Gasteiger partial charge >= 0.3 is 0 Å². The molecule has 1 fully saturated rings. The van der Waals surface area contributed by atoms with Gasteiger partial charge in [0.25, 0.3) is 0 Å². The lowest BCUT2D eigenvalue weighted by atomic mass is 9.73. The number of fused-ring (bicyclic) bond motifs is 3. The van der Waals surface area contributed by atoms with Crippen LogP contribution in [0.5, 0.6) is 5.75 Å². The predicted molar refractivity (Wildman–Crippen MR) is 139 cm³/mol. The van der Waals surface area contributed by atoms with Crippen LogP contribution >= 0.6 is 27.5 Å². The van der Waals surface area contributed by atoms with E-state index in [1.165, 1.54) is 0 Å². The van der Waals surface area contributed by atoms with Gasteiger partial charge in [-0.15, -0.1) is 0 Å². The Morgan fingerprint density at radius 1 is 1.06 bits per heavy atom. The van der Waals surface area contributed by atoms with Crippen LogP contribution in [0.2, 0.25) is 5.02 Å². The van der Waals surface area contributed by atoms with Gasteiger partial charge in [-0.1, -0.05) is 83.8 Å². The Hall–Kier alpha value is -1.92. The van der Waals surface area contributed by atoms with E-state index in [-0.39, 0.29) is 5.92 Å². The largest absolute Gasteiger partial charge is 0.476 e. The Labute approximate surface area is 210 Å². The van der Waals surface area contributed by atoms with Crippen molar-refractivity contribution < 1.29 is 9.84 Å². The smallest absolute Gasteiger partial charge is 0.175 e. The van der Waals surface area contributed by atoms with E-state index in [1.807, 2.05) is 82.4 Å². The highest BCUT2D eigenvalue weighted by molar-refractivity contribution is 9.10. The number of aromatic nitrogens is 1. The van der Waals surface area contributed by atoms with Crippen LogP contribution in [0.15, 0.2) is 71.3 Å². The summed E-state index contributed by atoms with van der Waals surface area (Å²) in [6, 6.07) is 20.0. The zero-order valence-corrected chi connectivity index (χ0v) is 22.2. The predicted octanol–water partition coefficient (Wildman–Crippen LogP) is 6.75. The Morgan fingerprint density at radius 3 is 2.27 bits per heavy atom. The first-order chi connectivity index (χ1) is 15.8. The number of hydrogen-bond donors (Lipinski definition) is 1. The van der Waals surface area contributed by atoms with Crippen LogP contribution < -0.4 is 4.74 Å². The molecule has 0 radical (unpaired) electrons. The quantitative estimate of drug-likeness (QED) is 0.397. The van der Waals surface area contributed by atoms with E-state index in [0.717, 1.165) is 22.0 Å². The Balaban J connectivity index is 0.000000464. The fourth-order valence-corrected chi connectivity index (χ4v) is 5.16. The number of halogens is 2. The minimum Gasteiger partial charge on any atom is -0.476 e. The second kappa shape index (κ2) is 10.6. The van der Waals surface area contributed by atoms with Crippen molar-refractivity contribution in [1.82, 2.24) is 9.88 Å². The SMILES string of the molecule is CC.CN(C)C.OC12CCC(c3ccccc3)C1(c1ccc(Br)cc1)Oc1cc(Cl)cnc12. The van der Waals surface area contributed by atoms with E-state index in [2.05, 4.69) is 33.0 Å². The second-order valence-electron chi connectivity index (χ2n) is 8.55. The van der Waals surface area contributed by atoms with Crippen molar-refractivity contribution in [3.8, 4) is 5.75 Å². The van der Waals surface area contributed by atoms with Crippen LogP contribution in [-0.4, -0.2) is 36.1 Å². The Bertz CT molecular complexity index is 1060. The summed E-state index contributed by atoms with van der Waals surface area (Å²) in [6.07, 6.45) is 2.96. The van der Waals surface area contributed by atoms with Gasteiger partial charge in [-0.3, -0.25) is 4.98 Å². The van der Waals surface area contributed by atoms with E-state index in [1.54, 1.807) is 12.3 Å². The average Bonchev–Trinajstić information content (AvgIpc) is 3.22. The monoisotopic (exact) mass is 530 g/mol. The molecule has 33 heavy (non-hydrogen) atoms. The molecule has 2 aliphatic rings. The third-order valence-electron chi connectivity index (χ3n) is 5.86. The lowest BCUT2D eigenvalue weighted by Gasteiger charge is -2.39. The van der Waals surface area contributed by atoms with E-state index < -0.39 is 11.2 Å². The first-order valence-corrected chi connectivity index (χ1v) is 12.4. The fraction of sp³-hybridized carbons (Fsp3) is 0.370. The normalized spacial score (nSPS) is 24.6. The third-order valence-corrected chi connectivity index (χ3v) is 6.59. The van der Waals surface area contributed by atoms with Crippen LogP contribution in [0, 0.1) is 0 Å². The fourth-order valence-electron chi connectivity index (χ4n) is 4.75. The maximum atomic E-state index is 11.9. The molecule has 2 aromatic carbocycles. The molecule has 3 atom stereocenters. The first kappa shape index (κ1) is 25.7. The van der Waals surface area contributed by atoms with Crippen LogP contribution in [-0.2, 0) is 11.2 Å². The van der Waals surface area contributed by atoms with Crippen LogP contribution in [0.1, 0.15) is 49.4 Å². The molecule has 6 heteroatoms. The maximum absolute atomic E-state index is 11.9. The summed E-state index contributed by atoms with van der Waals surface area (Å²) in [7, 11) is 6.00. The molecule has 2 heterocycles. The van der Waals surface area contributed by atoms with E-state index >= 15 is 0 Å². The van der Waals surface area contributed by atoms with Crippen molar-refractivity contribution in [2.45, 2.75) is 43.8 Å². The van der Waals surface area contributed by atoms with Crippen molar-refractivity contribution in [1.29, 1.82) is 0 Å². The van der Waals surface area contributed by atoms with Crippen molar-refractivity contribution in [2.75, 3.05) is 21.1 Å². The van der Waals surface area contributed by atoms with Crippen molar-refractivity contribution in [3.63, 3.8) is 0 Å². The Morgan fingerprint density at radius 2 is 1.67 bits per heavy atom. The van der Waals surface area contributed by atoms with Gasteiger partial charge in [0.05, 0.1) is 5.02 Å². The minimum absolute atomic E-state index is 0.00199. The highest BCUT2D eigenvalue weighted by atomic mass is 79.9. The molecule has 176 valence electrons. The highest BCUT2D eigenvalue weighted by Gasteiger charge is 2.69. The van der Waals surface area contributed by atoms with Crippen molar-refractivity contribution in [2.24, 2.45) is 0 Å². The van der Waals surface area contributed by atoms with E-state index in [9.17, 15) is 5.11 Å². The van der Waals surface area contributed by atoms with Crippen LogP contribution in [0.4, 0.5) is 0 Å². The third kappa shape index (κ3) is 4.69. The van der Waals surface area contributed by atoms with Crippen LogP contribution in [0.3, 0.4) is 0 Å².